The summed E-state index contributed by atoms with van der Waals surface area (Å²) < 4.78 is 5.14. The first kappa shape index (κ1) is 13.4. The van der Waals surface area contributed by atoms with Crippen LogP contribution in [0.4, 0.5) is 11.4 Å². The van der Waals surface area contributed by atoms with Gasteiger partial charge in [-0.25, -0.2) is 0 Å². The van der Waals surface area contributed by atoms with Gasteiger partial charge < -0.3 is 15.4 Å². The van der Waals surface area contributed by atoms with E-state index in [1.807, 2.05) is 24.3 Å². The molecule has 108 valence electrons. The molecule has 0 unspecified atom stereocenters. The first-order chi connectivity index (χ1) is 10.2. The molecule has 0 aliphatic heterocycles. The number of ether oxygens (including phenoxy) is 1. The molecule has 5 heteroatoms. The smallest absolute Gasteiger partial charge is 0.257 e. The van der Waals surface area contributed by atoms with Gasteiger partial charge in [-0.05, 0) is 31.0 Å². The Kier molecular flexibility index (Phi) is 3.73. The van der Waals surface area contributed by atoms with E-state index in [2.05, 4.69) is 15.6 Å². The molecule has 2 aromatic rings. The Bertz CT molecular complexity index is 653. The van der Waals surface area contributed by atoms with Crippen molar-refractivity contribution in [2.24, 2.45) is 0 Å². The topological polar surface area (TPSA) is 63.2 Å². The lowest BCUT2D eigenvalue weighted by Crippen LogP contribution is -2.13. The van der Waals surface area contributed by atoms with Crippen LogP contribution in [0.1, 0.15) is 23.2 Å². The first-order valence-electron chi connectivity index (χ1n) is 6.91. The lowest BCUT2D eigenvalue weighted by Gasteiger charge is -2.08. The molecule has 3 rings (SSSR count). The molecule has 0 bridgehead atoms. The van der Waals surface area contributed by atoms with E-state index in [1.54, 1.807) is 25.6 Å². The number of nitrogens with one attached hydrogen (secondary N) is 2. The van der Waals surface area contributed by atoms with Gasteiger partial charge in [0, 0.05) is 30.2 Å². The number of benzene rings is 1. The van der Waals surface area contributed by atoms with Crippen molar-refractivity contribution in [2.75, 3.05) is 17.7 Å². The molecule has 1 aliphatic rings. The average molecular weight is 283 g/mol. The van der Waals surface area contributed by atoms with E-state index in [9.17, 15) is 4.79 Å². The Morgan fingerprint density at radius 1 is 1.24 bits per heavy atom. The van der Waals surface area contributed by atoms with Crippen molar-refractivity contribution in [3.63, 3.8) is 0 Å². The first-order valence-corrected chi connectivity index (χ1v) is 6.91. The van der Waals surface area contributed by atoms with Crippen molar-refractivity contribution in [3.8, 4) is 5.75 Å². The van der Waals surface area contributed by atoms with Crippen LogP contribution in [0.15, 0.2) is 42.7 Å². The summed E-state index contributed by atoms with van der Waals surface area (Å²) in [4.78, 5) is 16.4. The molecule has 0 spiro atoms. The van der Waals surface area contributed by atoms with Gasteiger partial charge in [0.25, 0.3) is 5.91 Å². The Labute approximate surface area is 123 Å². The van der Waals surface area contributed by atoms with Gasteiger partial charge in [-0.3, -0.25) is 9.78 Å². The molecule has 21 heavy (non-hydrogen) atoms. The number of methoxy groups -OCH3 is 1. The third-order valence-electron chi connectivity index (χ3n) is 3.28. The maximum Gasteiger partial charge on any atom is 0.257 e. The molecule has 0 saturated heterocycles. The molecule has 1 fully saturated rings. The zero-order valence-corrected chi connectivity index (χ0v) is 11.8. The lowest BCUT2D eigenvalue weighted by molar-refractivity contribution is 0.102. The van der Waals surface area contributed by atoms with Gasteiger partial charge in [0.1, 0.15) is 5.75 Å². The second-order valence-corrected chi connectivity index (χ2v) is 5.07. The summed E-state index contributed by atoms with van der Waals surface area (Å²) in [5, 5.41) is 6.17. The summed E-state index contributed by atoms with van der Waals surface area (Å²) in [5.41, 5.74) is 2.11. The van der Waals surface area contributed by atoms with E-state index in [0.717, 1.165) is 5.69 Å². The molecule has 1 amide bonds. The molecule has 2 N–H and O–H groups in total. The highest BCUT2D eigenvalue weighted by Crippen LogP contribution is 2.24. The number of nitrogens with zero attached hydrogens (tertiary/aromatic N) is 1. The molecule has 1 saturated carbocycles. The average Bonchev–Trinajstić information content (AvgIpc) is 3.31. The molecular formula is C16H17N3O2. The fourth-order valence-electron chi connectivity index (χ4n) is 2.01. The number of pyridine rings is 1. The summed E-state index contributed by atoms with van der Waals surface area (Å²) in [6, 6.07) is 9.61. The SMILES string of the molecule is COc1cccc(NC(=O)c2cncc(NC3CC3)c2)c1. The molecule has 1 aromatic heterocycles. The molecular weight excluding hydrogens is 266 g/mol. The Hall–Kier alpha value is -2.56. The van der Waals surface area contributed by atoms with Crippen LogP contribution in [-0.2, 0) is 0 Å². The predicted molar refractivity (Wildman–Crippen MR) is 81.8 cm³/mol. The number of aromatic nitrogens is 1. The van der Waals surface area contributed by atoms with Crippen LogP contribution in [0.3, 0.4) is 0 Å². The minimum absolute atomic E-state index is 0.185. The fourth-order valence-corrected chi connectivity index (χ4v) is 2.01. The number of carbonyl (C=O) groups is 1. The number of hydrogen-bond acceptors (Lipinski definition) is 4. The van der Waals surface area contributed by atoms with Gasteiger partial charge in [-0.15, -0.1) is 0 Å². The fraction of sp³-hybridized carbons (Fsp3) is 0.250. The van der Waals surface area contributed by atoms with Gasteiger partial charge in [-0.1, -0.05) is 6.07 Å². The molecule has 5 nitrogen and oxygen atoms in total. The largest absolute Gasteiger partial charge is 0.497 e. The standard InChI is InChI=1S/C16H17N3O2/c1-21-15-4-2-3-13(8-15)19-16(20)11-7-14(10-17-9-11)18-12-5-6-12/h2-4,7-10,12,18H,5-6H2,1H3,(H,19,20). The number of rotatable bonds is 5. The van der Waals surface area contributed by atoms with Crippen LogP contribution in [-0.4, -0.2) is 24.0 Å². The van der Waals surface area contributed by atoms with E-state index in [1.165, 1.54) is 12.8 Å². The van der Waals surface area contributed by atoms with Crippen molar-refractivity contribution in [1.29, 1.82) is 0 Å². The number of anilines is 2. The predicted octanol–water partition coefficient (Wildman–Crippen LogP) is 2.92. The monoisotopic (exact) mass is 283 g/mol. The quantitative estimate of drug-likeness (QED) is 0.885. The van der Waals surface area contributed by atoms with Crippen molar-refractivity contribution in [2.45, 2.75) is 18.9 Å². The highest BCUT2D eigenvalue weighted by atomic mass is 16.5. The molecule has 0 radical (unpaired) electrons. The van der Waals surface area contributed by atoms with Crippen LogP contribution in [0.25, 0.3) is 0 Å². The van der Waals surface area contributed by atoms with Crippen LogP contribution in [0.2, 0.25) is 0 Å². The maximum absolute atomic E-state index is 12.2. The minimum atomic E-state index is -0.185. The van der Waals surface area contributed by atoms with Gasteiger partial charge in [0.15, 0.2) is 0 Å². The van der Waals surface area contributed by atoms with Gasteiger partial charge in [-0.2, -0.15) is 0 Å². The Balaban J connectivity index is 1.71. The van der Waals surface area contributed by atoms with E-state index in [0.29, 0.717) is 23.0 Å². The van der Waals surface area contributed by atoms with Crippen LogP contribution >= 0.6 is 0 Å². The summed E-state index contributed by atoms with van der Waals surface area (Å²) >= 11 is 0. The van der Waals surface area contributed by atoms with Crippen molar-refractivity contribution >= 4 is 17.3 Å². The minimum Gasteiger partial charge on any atom is -0.497 e. The van der Waals surface area contributed by atoms with E-state index >= 15 is 0 Å². The highest BCUT2D eigenvalue weighted by molar-refractivity contribution is 6.04. The molecule has 1 aromatic carbocycles. The van der Waals surface area contributed by atoms with Crippen molar-refractivity contribution < 1.29 is 9.53 Å². The van der Waals surface area contributed by atoms with Crippen LogP contribution in [0, 0.1) is 0 Å². The van der Waals surface area contributed by atoms with Crippen molar-refractivity contribution in [1.82, 2.24) is 4.98 Å². The lowest BCUT2D eigenvalue weighted by atomic mass is 10.2. The third-order valence-corrected chi connectivity index (χ3v) is 3.28. The number of hydrogen-bond donors (Lipinski definition) is 2. The normalized spacial score (nSPS) is 13.6. The molecule has 1 heterocycles. The summed E-state index contributed by atoms with van der Waals surface area (Å²) in [7, 11) is 1.60. The Morgan fingerprint density at radius 2 is 2.10 bits per heavy atom. The van der Waals surface area contributed by atoms with Gasteiger partial charge in [0.2, 0.25) is 0 Å². The maximum atomic E-state index is 12.2. The van der Waals surface area contributed by atoms with Crippen LogP contribution < -0.4 is 15.4 Å². The van der Waals surface area contributed by atoms with Crippen molar-refractivity contribution in [3.05, 3.63) is 48.3 Å². The second-order valence-electron chi connectivity index (χ2n) is 5.07. The van der Waals surface area contributed by atoms with Crippen LogP contribution in [0.5, 0.6) is 5.75 Å². The number of amides is 1. The Morgan fingerprint density at radius 3 is 2.86 bits per heavy atom. The highest BCUT2D eigenvalue weighted by Gasteiger charge is 2.21. The second kappa shape index (κ2) is 5.83. The van der Waals surface area contributed by atoms with E-state index in [-0.39, 0.29) is 5.91 Å². The molecule has 0 atom stereocenters. The van der Waals surface area contributed by atoms with Gasteiger partial charge >= 0.3 is 0 Å². The zero-order chi connectivity index (χ0) is 14.7. The summed E-state index contributed by atoms with van der Waals surface area (Å²) in [6.45, 7) is 0. The zero-order valence-electron chi connectivity index (χ0n) is 11.8. The van der Waals surface area contributed by atoms with Gasteiger partial charge in [0.05, 0.1) is 18.4 Å². The summed E-state index contributed by atoms with van der Waals surface area (Å²) in [6.07, 6.45) is 5.66. The third kappa shape index (κ3) is 3.51. The summed E-state index contributed by atoms with van der Waals surface area (Å²) in [5.74, 6) is 0.519. The molecule has 1 aliphatic carbocycles. The van der Waals surface area contributed by atoms with E-state index in [4.69, 9.17) is 4.74 Å². The van der Waals surface area contributed by atoms with E-state index < -0.39 is 0 Å². The number of carbonyl (C=O) groups excluding carboxylic acids is 1.